The van der Waals surface area contributed by atoms with Gasteiger partial charge in [0, 0.05) is 17.1 Å². The van der Waals surface area contributed by atoms with Crippen molar-refractivity contribution in [2.24, 2.45) is 0 Å². The van der Waals surface area contributed by atoms with Crippen molar-refractivity contribution >= 4 is 16.6 Å². The Balaban J connectivity index is 2.05. The molecule has 8 heteroatoms. The van der Waals surface area contributed by atoms with E-state index in [1.807, 2.05) is 26.0 Å². The highest BCUT2D eigenvalue weighted by Crippen LogP contribution is 2.34. The molecule has 0 bridgehead atoms. The summed E-state index contributed by atoms with van der Waals surface area (Å²) < 4.78 is 40.3. The van der Waals surface area contributed by atoms with Crippen LogP contribution in [0.4, 0.5) is 13.2 Å². The number of aromatic nitrogens is 5. The monoisotopic (exact) mass is 345 g/mol. The molecule has 0 spiro atoms. The lowest BCUT2D eigenvalue weighted by atomic mass is 9.97. The first-order valence-electron chi connectivity index (χ1n) is 7.78. The molecule has 5 nitrogen and oxygen atoms in total. The van der Waals surface area contributed by atoms with E-state index < -0.39 is 12.0 Å². The number of hydrogen-bond donors (Lipinski definition) is 1. The van der Waals surface area contributed by atoms with E-state index in [1.54, 1.807) is 12.3 Å². The number of H-pyrrole nitrogens is 1. The first-order valence-corrected chi connectivity index (χ1v) is 7.78. The number of halogens is 3. The van der Waals surface area contributed by atoms with Crippen molar-refractivity contribution in [2.75, 3.05) is 0 Å². The predicted molar refractivity (Wildman–Crippen MR) is 87.2 cm³/mol. The summed E-state index contributed by atoms with van der Waals surface area (Å²) in [5.41, 5.74) is 4.45. The minimum absolute atomic E-state index is 0.203. The van der Waals surface area contributed by atoms with Crippen LogP contribution in [-0.2, 0) is 12.6 Å². The predicted octanol–water partition coefficient (Wildman–Crippen LogP) is 4.16. The molecule has 128 valence electrons. The van der Waals surface area contributed by atoms with Crippen LogP contribution >= 0.6 is 0 Å². The molecule has 0 saturated carbocycles. The Labute approximate surface area is 140 Å². The van der Waals surface area contributed by atoms with E-state index in [-0.39, 0.29) is 5.65 Å². The van der Waals surface area contributed by atoms with Gasteiger partial charge in [0.05, 0.1) is 11.7 Å². The van der Waals surface area contributed by atoms with Gasteiger partial charge in [-0.3, -0.25) is 5.10 Å². The van der Waals surface area contributed by atoms with Gasteiger partial charge in [-0.1, -0.05) is 6.92 Å². The second-order valence-electron chi connectivity index (χ2n) is 5.90. The van der Waals surface area contributed by atoms with E-state index in [2.05, 4.69) is 20.3 Å². The van der Waals surface area contributed by atoms with E-state index >= 15 is 0 Å². The molecular weight excluding hydrogens is 331 g/mol. The van der Waals surface area contributed by atoms with Gasteiger partial charge >= 0.3 is 6.18 Å². The number of benzene rings is 1. The Morgan fingerprint density at radius 3 is 2.76 bits per heavy atom. The number of nitrogens with one attached hydrogen (secondary N) is 1. The number of pyridine rings is 1. The molecule has 4 aromatic rings. The van der Waals surface area contributed by atoms with Gasteiger partial charge < -0.3 is 0 Å². The van der Waals surface area contributed by atoms with Gasteiger partial charge in [-0.15, -0.1) is 5.10 Å². The molecule has 1 N–H and O–H groups in total. The third-order valence-electron chi connectivity index (χ3n) is 4.26. The van der Waals surface area contributed by atoms with Gasteiger partial charge in [-0.25, -0.2) is 9.50 Å². The number of rotatable bonds is 2. The summed E-state index contributed by atoms with van der Waals surface area (Å²) in [6, 6.07) is 5.62. The number of fused-ring (bicyclic) bond motifs is 2. The second-order valence-corrected chi connectivity index (χ2v) is 5.90. The fraction of sp³-hybridized carbons (Fsp3) is 0.235. The Morgan fingerprint density at radius 1 is 1.24 bits per heavy atom. The standard InChI is InChI=1S/C17H14F3N5/c1-3-10-4-5-25-15(22-16(24-25)17(18,19)20)13(10)11-6-9(2)14-12(7-11)8-21-23-14/h4-8H,3H2,1-2H3,(H,21,23). The van der Waals surface area contributed by atoms with Crippen LogP contribution in [0.3, 0.4) is 0 Å². The van der Waals surface area contributed by atoms with Crippen molar-refractivity contribution < 1.29 is 13.2 Å². The summed E-state index contributed by atoms with van der Waals surface area (Å²) in [5.74, 6) is -1.14. The van der Waals surface area contributed by atoms with Crippen LogP contribution in [0.1, 0.15) is 23.9 Å². The maximum atomic E-state index is 13.0. The Kier molecular flexibility index (Phi) is 3.31. The number of nitrogens with zero attached hydrogens (tertiary/aromatic N) is 4. The smallest absolute Gasteiger partial charge is 0.278 e. The summed E-state index contributed by atoms with van der Waals surface area (Å²) in [4.78, 5) is 3.77. The van der Waals surface area contributed by atoms with Gasteiger partial charge in [0.1, 0.15) is 0 Å². The molecule has 0 radical (unpaired) electrons. The quantitative estimate of drug-likeness (QED) is 0.593. The van der Waals surface area contributed by atoms with E-state index in [4.69, 9.17) is 0 Å². The van der Waals surface area contributed by atoms with Gasteiger partial charge in [0.2, 0.25) is 0 Å². The molecule has 3 heterocycles. The molecule has 0 amide bonds. The number of alkyl halides is 3. The average Bonchev–Trinajstić information content (AvgIpc) is 3.19. The molecule has 0 unspecified atom stereocenters. The van der Waals surface area contributed by atoms with Crippen LogP contribution in [0.2, 0.25) is 0 Å². The van der Waals surface area contributed by atoms with Crippen LogP contribution in [0.15, 0.2) is 30.6 Å². The zero-order valence-corrected chi connectivity index (χ0v) is 13.5. The first-order chi connectivity index (χ1) is 11.9. The van der Waals surface area contributed by atoms with E-state index in [0.717, 1.165) is 27.6 Å². The van der Waals surface area contributed by atoms with Crippen LogP contribution in [0.25, 0.3) is 27.7 Å². The van der Waals surface area contributed by atoms with Crippen molar-refractivity contribution in [2.45, 2.75) is 26.4 Å². The highest BCUT2D eigenvalue weighted by Gasteiger charge is 2.36. The Bertz CT molecular complexity index is 1090. The van der Waals surface area contributed by atoms with Crippen molar-refractivity contribution in [3.63, 3.8) is 0 Å². The topological polar surface area (TPSA) is 58.9 Å². The average molecular weight is 345 g/mol. The highest BCUT2D eigenvalue weighted by molar-refractivity contribution is 5.90. The fourth-order valence-corrected chi connectivity index (χ4v) is 3.09. The van der Waals surface area contributed by atoms with Crippen LogP contribution < -0.4 is 0 Å². The summed E-state index contributed by atoms with van der Waals surface area (Å²) in [7, 11) is 0. The largest absolute Gasteiger partial charge is 0.453 e. The van der Waals surface area contributed by atoms with Gasteiger partial charge in [-0.05, 0) is 48.2 Å². The molecule has 0 saturated heterocycles. The third-order valence-corrected chi connectivity index (χ3v) is 4.26. The minimum Gasteiger partial charge on any atom is -0.278 e. The summed E-state index contributed by atoms with van der Waals surface area (Å²) in [5, 5.41) is 11.4. The molecule has 0 aliphatic heterocycles. The van der Waals surface area contributed by atoms with E-state index in [1.165, 1.54) is 10.7 Å². The zero-order valence-electron chi connectivity index (χ0n) is 13.5. The molecule has 0 aliphatic rings. The van der Waals surface area contributed by atoms with Gasteiger partial charge in [0.25, 0.3) is 5.82 Å². The maximum absolute atomic E-state index is 13.0. The second kappa shape index (κ2) is 5.30. The lowest BCUT2D eigenvalue weighted by molar-refractivity contribution is -0.144. The Morgan fingerprint density at radius 2 is 2.04 bits per heavy atom. The molecule has 0 aliphatic carbocycles. The van der Waals surface area contributed by atoms with Crippen molar-refractivity contribution in [3.05, 3.63) is 47.5 Å². The van der Waals surface area contributed by atoms with E-state index in [9.17, 15) is 13.2 Å². The summed E-state index contributed by atoms with van der Waals surface area (Å²) >= 11 is 0. The van der Waals surface area contributed by atoms with E-state index in [0.29, 0.717) is 12.0 Å². The Hall–Kier alpha value is -2.90. The number of hydrogen-bond acceptors (Lipinski definition) is 3. The van der Waals surface area contributed by atoms with Crippen molar-refractivity contribution in [1.29, 1.82) is 0 Å². The van der Waals surface area contributed by atoms with Crippen molar-refractivity contribution in [1.82, 2.24) is 24.8 Å². The maximum Gasteiger partial charge on any atom is 0.453 e. The SMILES string of the molecule is CCc1ccn2nc(C(F)(F)F)nc2c1-c1cc(C)c2[nH]ncc2c1. The number of aromatic amines is 1. The highest BCUT2D eigenvalue weighted by atomic mass is 19.4. The first kappa shape index (κ1) is 15.6. The lowest BCUT2D eigenvalue weighted by Gasteiger charge is -2.10. The number of aryl methyl sites for hydroxylation is 2. The van der Waals surface area contributed by atoms with Crippen LogP contribution in [0.5, 0.6) is 0 Å². The molecule has 3 aromatic heterocycles. The summed E-state index contributed by atoms with van der Waals surface area (Å²) in [6.07, 6.45) is -0.700. The van der Waals surface area contributed by atoms with Gasteiger partial charge in [-0.2, -0.15) is 18.3 Å². The van der Waals surface area contributed by atoms with Crippen LogP contribution in [-0.4, -0.2) is 24.8 Å². The van der Waals surface area contributed by atoms with Crippen LogP contribution in [0, 0.1) is 6.92 Å². The van der Waals surface area contributed by atoms with Gasteiger partial charge in [0.15, 0.2) is 5.65 Å². The lowest BCUT2D eigenvalue weighted by Crippen LogP contribution is -2.07. The zero-order chi connectivity index (χ0) is 17.8. The molecular formula is C17H14F3N5. The fourth-order valence-electron chi connectivity index (χ4n) is 3.09. The minimum atomic E-state index is -4.58. The molecule has 4 rings (SSSR count). The third kappa shape index (κ3) is 2.45. The molecule has 25 heavy (non-hydrogen) atoms. The van der Waals surface area contributed by atoms with Crippen molar-refractivity contribution in [3.8, 4) is 11.1 Å². The molecule has 1 aromatic carbocycles. The molecule has 0 fully saturated rings. The molecule has 0 atom stereocenters. The normalized spacial score (nSPS) is 12.4. The summed E-state index contributed by atoms with van der Waals surface area (Å²) in [6.45, 7) is 3.89.